The molecule has 1 heterocycles. The van der Waals surface area contributed by atoms with E-state index in [1.807, 2.05) is 12.1 Å². The van der Waals surface area contributed by atoms with Crippen molar-refractivity contribution in [1.29, 1.82) is 0 Å². The second-order valence-corrected chi connectivity index (χ2v) is 5.60. The molecule has 0 saturated carbocycles. The number of rotatable bonds is 5. The van der Waals surface area contributed by atoms with E-state index in [4.69, 9.17) is 0 Å². The molecule has 0 atom stereocenters. The maximum atomic E-state index is 12.2. The molecule has 1 saturated heterocycles. The largest absolute Gasteiger partial charge is 0.296 e. The summed E-state index contributed by atoms with van der Waals surface area (Å²) < 4.78 is 0. The van der Waals surface area contributed by atoms with Crippen LogP contribution in [-0.2, 0) is 6.42 Å². The fraction of sp³-hybridized carbons (Fsp3) is 0.588. The van der Waals surface area contributed by atoms with Crippen molar-refractivity contribution in [1.82, 2.24) is 4.90 Å². The Kier molecular flexibility index (Phi) is 5.15. The van der Waals surface area contributed by atoms with Gasteiger partial charge in [-0.05, 0) is 43.8 Å². The van der Waals surface area contributed by atoms with Gasteiger partial charge in [0.1, 0.15) is 0 Å². The lowest BCUT2D eigenvalue weighted by atomic mass is 9.94. The van der Waals surface area contributed by atoms with Crippen LogP contribution in [0.15, 0.2) is 24.3 Å². The van der Waals surface area contributed by atoms with Gasteiger partial charge in [-0.15, -0.1) is 0 Å². The molecule has 0 bridgehead atoms. The summed E-state index contributed by atoms with van der Waals surface area (Å²) in [5.41, 5.74) is 2.15. The van der Waals surface area contributed by atoms with Crippen molar-refractivity contribution in [2.45, 2.75) is 39.5 Å². The van der Waals surface area contributed by atoms with Gasteiger partial charge in [-0.25, -0.2) is 0 Å². The molecule has 1 aromatic rings. The maximum absolute atomic E-state index is 12.2. The first-order valence-corrected chi connectivity index (χ1v) is 7.57. The molecule has 2 rings (SSSR count). The average Bonchev–Trinajstić information content (AvgIpc) is 2.48. The van der Waals surface area contributed by atoms with Crippen LogP contribution in [-0.4, -0.2) is 30.3 Å². The maximum Gasteiger partial charge on any atom is 0.176 e. The number of carbonyl (C=O) groups is 1. The van der Waals surface area contributed by atoms with Crippen molar-refractivity contribution in [3.05, 3.63) is 35.4 Å². The Hall–Kier alpha value is -1.15. The van der Waals surface area contributed by atoms with Crippen LogP contribution >= 0.6 is 0 Å². The molecule has 1 aliphatic heterocycles. The van der Waals surface area contributed by atoms with E-state index in [1.165, 1.54) is 24.8 Å². The van der Waals surface area contributed by atoms with Crippen LogP contribution < -0.4 is 0 Å². The fourth-order valence-corrected chi connectivity index (χ4v) is 2.77. The highest BCUT2D eigenvalue weighted by molar-refractivity contribution is 5.97. The number of hydrogen-bond donors (Lipinski definition) is 0. The zero-order valence-corrected chi connectivity index (χ0v) is 12.2. The number of hydrogen-bond acceptors (Lipinski definition) is 2. The molecule has 19 heavy (non-hydrogen) atoms. The highest BCUT2D eigenvalue weighted by Gasteiger charge is 2.19. The predicted octanol–water partition coefficient (Wildman–Crippen LogP) is 3.55. The molecule has 104 valence electrons. The molecule has 1 aliphatic rings. The van der Waals surface area contributed by atoms with E-state index < -0.39 is 0 Å². The van der Waals surface area contributed by atoms with Gasteiger partial charge in [0.25, 0.3) is 0 Å². The molecular weight excluding hydrogens is 234 g/mol. The molecule has 0 aliphatic carbocycles. The summed E-state index contributed by atoms with van der Waals surface area (Å²) >= 11 is 0. The lowest BCUT2D eigenvalue weighted by molar-refractivity contribution is 0.0894. The lowest BCUT2D eigenvalue weighted by Gasteiger charge is -2.30. The second kappa shape index (κ2) is 6.85. The van der Waals surface area contributed by atoms with Crippen LogP contribution in [0.25, 0.3) is 0 Å². The third-order valence-corrected chi connectivity index (χ3v) is 4.34. The van der Waals surface area contributed by atoms with Crippen LogP contribution in [0.1, 0.15) is 49.0 Å². The van der Waals surface area contributed by atoms with Crippen LogP contribution in [0, 0.1) is 5.92 Å². The van der Waals surface area contributed by atoms with Gasteiger partial charge < -0.3 is 0 Å². The number of piperidine rings is 1. The van der Waals surface area contributed by atoms with E-state index >= 15 is 0 Å². The SMILES string of the molecule is CCc1ccc(C(=O)CN2CCC(CC)CC2)cc1. The van der Waals surface area contributed by atoms with Gasteiger partial charge in [-0.2, -0.15) is 0 Å². The molecule has 0 N–H and O–H groups in total. The predicted molar refractivity (Wildman–Crippen MR) is 79.6 cm³/mol. The van der Waals surface area contributed by atoms with E-state index in [2.05, 4.69) is 30.9 Å². The highest BCUT2D eigenvalue weighted by Crippen LogP contribution is 2.20. The summed E-state index contributed by atoms with van der Waals surface area (Å²) in [5, 5.41) is 0. The zero-order chi connectivity index (χ0) is 13.7. The number of nitrogens with zero attached hydrogens (tertiary/aromatic N) is 1. The molecule has 0 aromatic heterocycles. The van der Waals surface area contributed by atoms with Gasteiger partial charge in [0, 0.05) is 5.56 Å². The van der Waals surface area contributed by atoms with Crippen molar-refractivity contribution in [3.63, 3.8) is 0 Å². The van der Waals surface area contributed by atoms with Gasteiger partial charge in [-0.3, -0.25) is 9.69 Å². The van der Waals surface area contributed by atoms with Crippen LogP contribution in [0.5, 0.6) is 0 Å². The Morgan fingerprint density at radius 2 is 1.79 bits per heavy atom. The van der Waals surface area contributed by atoms with Gasteiger partial charge >= 0.3 is 0 Å². The number of aryl methyl sites for hydroxylation is 1. The number of benzene rings is 1. The Labute approximate surface area is 116 Å². The van der Waals surface area contributed by atoms with E-state index in [0.29, 0.717) is 6.54 Å². The van der Waals surface area contributed by atoms with Crippen LogP contribution in [0.3, 0.4) is 0 Å². The summed E-state index contributed by atoms with van der Waals surface area (Å²) in [7, 11) is 0. The van der Waals surface area contributed by atoms with Crippen LogP contribution in [0.2, 0.25) is 0 Å². The third kappa shape index (κ3) is 3.90. The molecule has 1 aromatic carbocycles. The number of ketones is 1. The Bertz CT molecular complexity index is 402. The monoisotopic (exact) mass is 259 g/mol. The Morgan fingerprint density at radius 3 is 2.32 bits per heavy atom. The molecule has 0 spiro atoms. The smallest absolute Gasteiger partial charge is 0.176 e. The highest BCUT2D eigenvalue weighted by atomic mass is 16.1. The van der Waals surface area contributed by atoms with Crippen molar-refractivity contribution in [2.75, 3.05) is 19.6 Å². The standard InChI is InChI=1S/C17H25NO/c1-3-14-5-7-16(8-6-14)17(19)13-18-11-9-15(4-2)10-12-18/h5-8,15H,3-4,9-13H2,1-2H3. The number of Topliss-reactive ketones (excluding diaryl/α,β-unsaturated/α-hetero) is 1. The number of likely N-dealkylation sites (tertiary alicyclic amines) is 1. The topological polar surface area (TPSA) is 20.3 Å². The molecule has 0 unspecified atom stereocenters. The molecule has 2 nitrogen and oxygen atoms in total. The number of carbonyl (C=O) groups excluding carboxylic acids is 1. The minimum Gasteiger partial charge on any atom is -0.296 e. The zero-order valence-electron chi connectivity index (χ0n) is 12.2. The van der Waals surface area contributed by atoms with Crippen molar-refractivity contribution >= 4 is 5.78 Å². The van der Waals surface area contributed by atoms with E-state index in [9.17, 15) is 4.79 Å². The lowest BCUT2D eigenvalue weighted by Crippen LogP contribution is -2.37. The van der Waals surface area contributed by atoms with Gasteiger partial charge in [-0.1, -0.05) is 44.5 Å². The minimum absolute atomic E-state index is 0.262. The normalized spacial score (nSPS) is 17.6. The Balaban J connectivity index is 1.87. The molecule has 0 amide bonds. The van der Waals surface area contributed by atoms with Crippen molar-refractivity contribution in [2.24, 2.45) is 5.92 Å². The second-order valence-electron chi connectivity index (χ2n) is 5.60. The summed E-state index contributed by atoms with van der Waals surface area (Å²) in [6.45, 7) is 7.14. The summed E-state index contributed by atoms with van der Waals surface area (Å²) in [6.07, 6.45) is 4.80. The minimum atomic E-state index is 0.262. The van der Waals surface area contributed by atoms with Gasteiger partial charge in [0.2, 0.25) is 0 Å². The van der Waals surface area contributed by atoms with Crippen molar-refractivity contribution in [3.8, 4) is 0 Å². The van der Waals surface area contributed by atoms with Gasteiger partial charge in [0.15, 0.2) is 5.78 Å². The first kappa shape index (κ1) is 14.3. The average molecular weight is 259 g/mol. The molecular formula is C17H25NO. The fourth-order valence-electron chi connectivity index (χ4n) is 2.77. The summed E-state index contributed by atoms with van der Waals surface area (Å²) in [4.78, 5) is 14.5. The van der Waals surface area contributed by atoms with E-state index in [1.54, 1.807) is 0 Å². The molecule has 0 radical (unpaired) electrons. The Morgan fingerprint density at radius 1 is 1.16 bits per heavy atom. The van der Waals surface area contributed by atoms with Gasteiger partial charge in [0.05, 0.1) is 6.54 Å². The van der Waals surface area contributed by atoms with E-state index in [0.717, 1.165) is 31.0 Å². The molecule has 2 heteroatoms. The van der Waals surface area contributed by atoms with E-state index in [-0.39, 0.29) is 5.78 Å². The third-order valence-electron chi connectivity index (χ3n) is 4.34. The summed E-state index contributed by atoms with van der Waals surface area (Å²) in [6, 6.07) is 8.08. The molecule has 1 fully saturated rings. The summed E-state index contributed by atoms with van der Waals surface area (Å²) in [5.74, 6) is 1.13. The van der Waals surface area contributed by atoms with Crippen molar-refractivity contribution < 1.29 is 4.79 Å². The first-order chi connectivity index (χ1) is 9.22. The first-order valence-electron chi connectivity index (χ1n) is 7.57. The quantitative estimate of drug-likeness (QED) is 0.754. The van der Waals surface area contributed by atoms with Crippen LogP contribution in [0.4, 0.5) is 0 Å².